The third-order valence-corrected chi connectivity index (χ3v) is 3.91. The minimum absolute atomic E-state index is 0. The summed E-state index contributed by atoms with van der Waals surface area (Å²) in [7, 11) is 0. The number of nitrogens with one attached hydrogen (secondary N) is 2. The Balaban J connectivity index is 0.00000264. The van der Waals surface area contributed by atoms with E-state index in [1.165, 1.54) is 0 Å². The van der Waals surface area contributed by atoms with Crippen LogP contribution in [0.3, 0.4) is 0 Å². The van der Waals surface area contributed by atoms with Gasteiger partial charge in [-0.05, 0) is 31.4 Å². The maximum atomic E-state index is 12.1. The van der Waals surface area contributed by atoms with Gasteiger partial charge in [0.2, 0.25) is 5.91 Å². The van der Waals surface area contributed by atoms with Crippen molar-refractivity contribution < 1.29 is 4.79 Å². The predicted octanol–water partition coefficient (Wildman–Crippen LogP) is 2.86. The zero-order chi connectivity index (χ0) is 15.8. The lowest BCUT2D eigenvalue weighted by molar-refractivity contribution is -0.121. The second-order valence-electron chi connectivity index (χ2n) is 5.14. The number of rotatable bonds is 9. The van der Waals surface area contributed by atoms with E-state index in [4.69, 9.17) is 0 Å². The smallest absolute Gasteiger partial charge is 0.240 e. The van der Waals surface area contributed by atoms with Gasteiger partial charge in [0.1, 0.15) is 12.4 Å². The number of nitrogens with zero attached hydrogens (tertiary/aromatic N) is 2. The molecule has 0 aliphatic carbocycles. The van der Waals surface area contributed by atoms with Crippen LogP contribution in [0.1, 0.15) is 19.2 Å². The molecule has 0 saturated carbocycles. The van der Waals surface area contributed by atoms with E-state index in [1.807, 2.05) is 35.1 Å². The Morgan fingerprint density at radius 1 is 1.21 bits per heavy atom. The molecule has 0 atom stereocenters. The van der Waals surface area contributed by atoms with Crippen LogP contribution in [0.5, 0.6) is 0 Å². The van der Waals surface area contributed by atoms with Crippen LogP contribution < -0.4 is 10.6 Å². The quantitative estimate of drug-likeness (QED) is 0.644. The van der Waals surface area contributed by atoms with Crippen molar-refractivity contribution in [3.05, 3.63) is 30.1 Å². The fraction of sp³-hybridized carbons (Fsp3) is 0.500. The predicted molar refractivity (Wildman–Crippen MR) is 108 cm³/mol. The van der Waals surface area contributed by atoms with Gasteiger partial charge < -0.3 is 15.2 Å². The number of imidazole rings is 1. The highest BCUT2D eigenvalue weighted by molar-refractivity contribution is 7.97. The van der Waals surface area contributed by atoms with Gasteiger partial charge in [0.25, 0.3) is 0 Å². The van der Waals surface area contributed by atoms with Crippen molar-refractivity contribution in [2.24, 2.45) is 0 Å². The van der Waals surface area contributed by atoms with Gasteiger partial charge in [0, 0.05) is 13.1 Å². The van der Waals surface area contributed by atoms with Crippen LogP contribution in [-0.2, 0) is 17.1 Å². The largest absolute Gasteiger partial charge is 0.353 e. The topological polar surface area (TPSA) is 58.9 Å². The number of para-hydroxylation sites is 2. The molecule has 1 aromatic heterocycles. The van der Waals surface area contributed by atoms with E-state index in [9.17, 15) is 4.79 Å². The van der Waals surface area contributed by atoms with Crippen molar-refractivity contribution >= 4 is 53.5 Å². The lowest BCUT2D eigenvalue weighted by Gasteiger charge is -2.10. The highest BCUT2D eigenvalue weighted by atomic mass is 35.5. The lowest BCUT2D eigenvalue weighted by Crippen LogP contribution is -2.34. The fourth-order valence-corrected chi connectivity index (χ4v) is 2.81. The maximum absolute atomic E-state index is 12.1. The molecular formula is C16H26Cl2N4OS. The van der Waals surface area contributed by atoms with Crippen molar-refractivity contribution in [2.75, 3.05) is 25.9 Å². The number of fused-ring (bicyclic) bond motifs is 1. The Kier molecular flexibility index (Phi) is 11.9. The third kappa shape index (κ3) is 6.51. The summed E-state index contributed by atoms with van der Waals surface area (Å²) in [4.78, 5) is 16.8. The molecule has 2 aromatic rings. The molecule has 8 heteroatoms. The SMILES string of the molecule is CCCNCCNC(=O)Cn1c(CSC)nc2ccccc21.Cl.Cl. The highest BCUT2D eigenvalue weighted by Crippen LogP contribution is 2.18. The summed E-state index contributed by atoms with van der Waals surface area (Å²) in [6.07, 6.45) is 3.15. The number of amides is 1. The monoisotopic (exact) mass is 392 g/mol. The molecule has 1 aromatic carbocycles. The molecule has 2 rings (SSSR count). The molecule has 0 aliphatic rings. The zero-order valence-electron chi connectivity index (χ0n) is 14.1. The van der Waals surface area contributed by atoms with Crippen LogP contribution >= 0.6 is 36.6 Å². The Bertz CT molecular complexity index is 621. The molecule has 0 spiro atoms. The first-order chi connectivity index (χ1) is 10.8. The number of thioether (sulfide) groups is 1. The molecule has 0 unspecified atom stereocenters. The van der Waals surface area contributed by atoms with Crippen LogP contribution in [0.4, 0.5) is 0 Å². The van der Waals surface area contributed by atoms with Crippen molar-refractivity contribution in [3.8, 4) is 0 Å². The average Bonchev–Trinajstić information content (AvgIpc) is 2.85. The Morgan fingerprint density at radius 2 is 1.96 bits per heavy atom. The van der Waals surface area contributed by atoms with E-state index in [-0.39, 0.29) is 30.7 Å². The van der Waals surface area contributed by atoms with Gasteiger partial charge in [0.05, 0.1) is 16.8 Å². The van der Waals surface area contributed by atoms with Crippen LogP contribution in [0, 0.1) is 0 Å². The van der Waals surface area contributed by atoms with E-state index in [0.717, 1.165) is 42.1 Å². The normalized spacial score (nSPS) is 10.1. The number of aromatic nitrogens is 2. The molecule has 136 valence electrons. The second-order valence-corrected chi connectivity index (χ2v) is 6.00. The van der Waals surface area contributed by atoms with E-state index in [1.54, 1.807) is 11.8 Å². The van der Waals surface area contributed by atoms with Crippen molar-refractivity contribution in [2.45, 2.75) is 25.6 Å². The van der Waals surface area contributed by atoms with E-state index >= 15 is 0 Å². The average molecular weight is 393 g/mol. The van der Waals surface area contributed by atoms with Gasteiger partial charge in [-0.15, -0.1) is 24.8 Å². The molecule has 24 heavy (non-hydrogen) atoms. The first kappa shape index (κ1) is 23.1. The second kappa shape index (κ2) is 12.4. The number of halogens is 2. The van der Waals surface area contributed by atoms with Crippen LogP contribution in [-0.4, -0.2) is 41.3 Å². The maximum Gasteiger partial charge on any atom is 0.240 e. The first-order valence-corrected chi connectivity index (χ1v) is 9.06. The summed E-state index contributed by atoms with van der Waals surface area (Å²) < 4.78 is 2.01. The molecule has 1 amide bonds. The number of carbonyl (C=O) groups excluding carboxylic acids is 1. The highest BCUT2D eigenvalue weighted by Gasteiger charge is 2.12. The van der Waals surface area contributed by atoms with Gasteiger partial charge in [-0.25, -0.2) is 4.98 Å². The van der Waals surface area contributed by atoms with Gasteiger partial charge in [-0.3, -0.25) is 4.79 Å². The van der Waals surface area contributed by atoms with Crippen molar-refractivity contribution in [3.63, 3.8) is 0 Å². The first-order valence-electron chi connectivity index (χ1n) is 7.66. The Labute approximate surface area is 160 Å². The Morgan fingerprint density at radius 3 is 2.67 bits per heavy atom. The van der Waals surface area contributed by atoms with Gasteiger partial charge in [0.15, 0.2) is 0 Å². The van der Waals surface area contributed by atoms with Crippen LogP contribution in [0.25, 0.3) is 11.0 Å². The van der Waals surface area contributed by atoms with Crippen molar-refractivity contribution in [1.82, 2.24) is 20.2 Å². The number of hydrogen-bond acceptors (Lipinski definition) is 4. The third-order valence-electron chi connectivity index (χ3n) is 3.36. The minimum atomic E-state index is 0. The molecule has 0 aliphatic heterocycles. The van der Waals surface area contributed by atoms with Crippen LogP contribution in [0.15, 0.2) is 24.3 Å². The number of benzene rings is 1. The van der Waals surface area contributed by atoms with Gasteiger partial charge >= 0.3 is 0 Å². The molecule has 0 saturated heterocycles. The van der Waals surface area contributed by atoms with Crippen LogP contribution in [0.2, 0.25) is 0 Å². The summed E-state index contributed by atoms with van der Waals surface area (Å²) in [6.45, 7) is 4.90. The number of carbonyl (C=O) groups is 1. The van der Waals surface area contributed by atoms with Crippen molar-refractivity contribution in [1.29, 1.82) is 0 Å². The van der Waals surface area contributed by atoms with Gasteiger partial charge in [-0.2, -0.15) is 11.8 Å². The molecule has 2 N–H and O–H groups in total. The summed E-state index contributed by atoms with van der Waals surface area (Å²) in [6, 6.07) is 7.96. The number of hydrogen-bond donors (Lipinski definition) is 2. The lowest BCUT2D eigenvalue weighted by atomic mass is 10.3. The molecule has 5 nitrogen and oxygen atoms in total. The van der Waals surface area contributed by atoms with E-state index in [2.05, 4.69) is 22.5 Å². The van der Waals surface area contributed by atoms with E-state index < -0.39 is 0 Å². The molecule has 0 bridgehead atoms. The minimum Gasteiger partial charge on any atom is -0.353 e. The zero-order valence-corrected chi connectivity index (χ0v) is 16.5. The summed E-state index contributed by atoms with van der Waals surface area (Å²) in [5.74, 6) is 1.79. The summed E-state index contributed by atoms with van der Waals surface area (Å²) in [5.41, 5.74) is 1.97. The Hall–Kier alpha value is -0.950. The fourth-order valence-electron chi connectivity index (χ4n) is 2.33. The summed E-state index contributed by atoms with van der Waals surface area (Å²) >= 11 is 1.71. The van der Waals surface area contributed by atoms with E-state index in [0.29, 0.717) is 13.1 Å². The molecule has 0 radical (unpaired) electrons. The molecular weight excluding hydrogens is 367 g/mol. The van der Waals surface area contributed by atoms with Gasteiger partial charge in [-0.1, -0.05) is 19.1 Å². The summed E-state index contributed by atoms with van der Waals surface area (Å²) in [5, 5.41) is 6.23. The standard InChI is InChI=1S/C16H24N4OS.2ClH/c1-3-8-17-9-10-18-16(21)11-20-14-7-5-4-6-13(14)19-15(20)12-22-2;;/h4-7,17H,3,8-12H2,1-2H3,(H,18,21);2*1H. The molecule has 0 fully saturated rings. The molecule has 1 heterocycles.